The number of ether oxygens (including phenoxy) is 2. The number of hydrogen-bond donors (Lipinski definition) is 2. The number of carbonyl (C=O) groups excluding carboxylic acids is 1. The molecule has 1 fully saturated rings. The molecule has 0 unspecified atom stereocenters. The van der Waals surface area contributed by atoms with Crippen molar-refractivity contribution in [3.8, 4) is 0 Å². The third kappa shape index (κ3) is 5.55. The molecule has 1 saturated heterocycles. The third-order valence-corrected chi connectivity index (χ3v) is 3.31. The number of aromatic nitrogens is 2. The number of rotatable bonds is 8. The van der Waals surface area contributed by atoms with Gasteiger partial charge in [0.05, 0.1) is 32.2 Å². The molecule has 8 nitrogen and oxygen atoms in total. The minimum absolute atomic E-state index is 0.204. The monoisotopic (exact) mass is 309 g/mol. The first-order chi connectivity index (χ1) is 10.8. The van der Waals surface area contributed by atoms with Crippen LogP contribution < -0.4 is 10.6 Å². The lowest BCUT2D eigenvalue weighted by molar-refractivity contribution is 0.0383. The van der Waals surface area contributed by atoms with Gasteiger partial charge < -0.3 is 20.1 Å². The van der Waals surface area contributed by atoms with Crippen LogP contribution in [0.25, 0.3) is 0 Å². The normalized spacial score (nSPS) is 15.5. The summed E-state index contributed by atoms with van der Waals surface area (Å²) in [4.78, 5) is 22.5. The van der Waals surface area contributed by atoms with Gasteiger partial charge in [0.2, 0.25) is 0 Å². The fourth-order valence-electron chi connectivity index (χ4n) is 2.06. The molecule has 1 aliphatic rings. The SMILES string of the molecule is COCCNc1cnc(C(=O)NCCN2CCOCC2)cn1. The summed E-state index contributed by atoms with van der Waals surface area (Å²) in [6.07, 6.45) is 3.02. The van der Waals surface area contributed by atoms with E-state index in [1.807, 2.05) is 0 Å². The van der Waals surface area contributed by atoms with Crippen LogP contribution in [0.2, 0.25) is 0 Å². The van der Waals surface area contributed by atoms with Crippen LogP contribution in [0, 0.1) is 0 Å². The number of carbonyl (C=O) groups is 1. The first-order valence-corrected chi connectivity index (χ1v) is 7.43. The van der Waals surface area contributed by atoms with Crippen molar-refractivity contribution in [2.24, 2.45) is 0 Å². The highest BCUT2D eigenvalue weighted by molar-refractivity contribution is 5.91. The second kappa shape index (κ2) is 9.29. The van der Waals surface area contributed by atoms with Gasteiger partial charge in [-0.1, -0.05) is 0 Å². The molecule has 2 N–H and O–H groups in total. The Morgan fingerprint density at radius 1 is 1.32 bits per heavy atom. The van der Waals surface area contributed by atoms with Crippen LogP contribution in [0.3, 0.4) is 0 Å². The summed E-state index contributed by atoms with van der Waals surface area (Å²) in [5.74, 6) is 0.422. The maximum Gasteiger partial charge on any atom is 0.271 e. The third-order valence-electron chi connectivity index (χ3n) is 3.31. The Morgan fingerprint density at radius 2 is 2.14 bits per heavy atom. The van der Waals surface area contributed by atoms with Crippen molar-refractivity contribution in [1.29, 1.82) is 0 Å². The molecule has 0 atom stereocenters. The second-order valence-corrected chi connectivity index (χ2v) is 4.92. The highest BCUT2D eigenvalue weighted by atomic mass is 16.5. The van der Waals surface area contributed by atoms with E-state index in [2.05, 4.69) is 25.5 Å². The smallest absolute Gasteiger partial charge is 0.271 e. The zero-order valence-electron chi connectivity index (χ0n) is 12.9. The zero-order valence-corrected chi connectivity index (χ0v) is 12.9. The highest BCUT2D eigenvalue weighted by Crippen LogP contribution is 2.01. The van der Waals surface area contributed by atoms with Gasteiger partial charge in [0.1, 0.15) is 11.5 Å². The molecule has 22 heavy (non-hydrogen) atoms. The first-order valence-electron chi connectivity index (χ1n) is 7.43. The van der Waals surface area contributed by atoms with Crippen molar-refractivity contribution in [3.63, 3.8) is 0 Å². The van der Waals surface area contributed by atoms with Crippen LogP contribution in [0.5, 0.6) is 0 Å². The van der Waals surface area contributed by atoms with E-state index in [1.54, 1.807) is 13.3 Å². The van der Waals surface area contributed by atoms with Crippen molar-refractivity contribution in [2.75, 3.05) is 65.0 Å². The summed E-state index contributed by atoms with van der Waals surface area (Å²) in [5.41, 5.74) is 0.319. The van der Waals surface area contributed by atoms with Crippen molar-refractivity contribution in [1.82, 2.24) is 20.2 Å². The molecule has 2 rings (SSSR count). The molecule has 0 bridgehead atoms. The molecular weight excluding hydrogens is 286 g/mol. The van der Waals surface area contributed by atoms with Gasteiger partial charge in [-0.3, -0.25) is 9.69 Å². The Balaban J connectivity index is 1.70. The fraction of sp³-hybridized carbons (Fsp3) is 0.643. The van der Waals surface area contributed by atoms with Crippen LogP contribution in [0.15, 0.2) is 12.4 Å². The van der Waals surface area contributed by atoms with Crippen LogP contribution in [-0.2, 0) is 9.47 Å². The van der Waals surface area contributed by atoms with Gasteiger partial charge in [-0.2, -0.15) is 0 Å². The molecule has 1 aromatic heterocycles. The molecule has 0 saturated carbocycles. The van der Waals surface area contributed by atoms with Gasteiger partial charge in [0.25, 0.3) is 5.91 Å². The predicted molar refractivity (Wildman–Crippen MR) is 82.0 cm³/mol. The van der Waals surface area contributed by atoms with Gasteiger partial charge >= 0.3 is 0 Å². The lowest BCUT2D eigenvalue weighted by Gasteiger charge is -2.26. The molecule has 0 radical (unpaired) electrons. The Kier molecular flexibility index (Phi) is 7.01. The van der Waals surface area contributed by atoms with Gasteiger partial charge in [-0.25, -0.2) is 9.97 Å². The van der Waals surface area contributed by atoms with Crippen molar-refractivity contribution < 1.29 is 14.3 Å². The number of morpholine rings is 1. The molecular formula is C14H23N5O3. The summed E-state index contributed by atoms with van der Waals surface area (Å²) < 4.78 is 10.2. The van der Waals surface area contributed by atoms with Crippen molar-refractivity contribution in [2.45, 2.75) is 0 Å². The number of anilines is 1. The number of amides is 1. The lowest BCUT2D eigenvalue weighted by atomic mass is 10.4. The summed E-state index contributed by atoms with van der Waals surface area (Å²) in [7, 11) is 1.64. The van der Waals surface area contributed by atoms with Gasteiger partial charge in [-0.05, 0) is 0 Å². The highest BCUT2D eigenvalue weighted by Gasteiger charge is 2.11. The molecule has 0 aromatic carbocycles. The number of nitrogens with one attached hydrogen (secondary N) is 2. The molecule has 0 spiro atoms. The van der Waals surface area contributed by atoms with Crippen LogP contribution in [-0.4, -0.2) is 80.4 Å². The Hall–Kier alpha value is -1.77. The van der Waals surface area contributed by atoms with E-state index < -0.39 is 0 Å². The van der Waals surface area contributed by atoms with E-state index in [1.165, 1.54) is 6.20 Å². The molecule has 8 heteroatoms. The number of nitrogens with zero attached hydrogens (tertiary/aromatic N) is 3. The van der Waals surface area contributed by atoms with Crippen molar-refractivity contribution >= 4 is 11.7 Å². The Labute approximate surface area is 130 Å². The minimum Gasteiger partial charge on any atom is -0.383 e. The Morgan fingerprint density at radius 3 is 2.82 bits per heavy atom. The van der Waals surface area contributed by atoms with Gasteiger partial charge in [0, 0.05) is 39.8 Å². The van der Waals surface area contributed by atoms with Crippen LogP contribution in [0.4, 0.5) is 5.82 Å². The van der Waals surface area contributed by atoms with Gasteiger partial charge in [-0.15, -0.1) is 0 Å². The van der Waals surface area contributed by atoms with E-state index >= 15 is 0 Å². The zero-order chi connectivity index (χ0) is 15.6. The largest absolute Gasteiger partial charge is 0.383 e. The summed E-state index contributed by atoms with van der Waals surface area (Å²) in [6.45, 7) is 6.00. The van der Waals surface area contributed by atoms with E-state index in [-0.39, 0.29) is 5.91 Å². The van der Waals surface area contributed by atoms with Crippen LogP contribution in [0.1, 0.15) is 10.5 Å². The summed E-state index contributed by atoms with van der Waals surface area (Å²) in [6, 6.07) is 0. The standard InChI is InChI=1S/C14H23N5O3/c1-21-7-3-15-13-11-17-12(10-18-13)14(20)16-2-4-19-5-8-22-9-6-19/h10-11H,2-9H2,1H3,(H,15,18)(H,16,20). The molecule has 122 valence electrons. The van der Waals surface area contributed by atoms with E-state index in [9.17, 15) is 4.79 Å². The average Bonchev–Trinajstić information content (AvgIpc) is 2.56. The van der Waals surface area contributed by atoms with E-state index in [0.717, 1.165) is 32.8 Å². The van der Waals surface area contributed by atoms with Crippen molar-refractivity contribution in [3.05, 3.63) is 18.1 Å². The Bertz CT molecular complexity index is 448. The quantitative estimate of drug-likeness (QED) is 0.631. The first kappa shape index (κ1) is 16.6. The minimum atomic E-state index is -0.204. The maximum absolute atomic E-state index is 12.0. The second-order valence-electron chi connectivity index (χ2n) is 4.92. The average molecular weight is 309 g/mol. The number of methoxy groups -OCH3 is 1. The van der Waals surface area contributed by atoms with E-state index in [4.69, 9.17) is 9.47 Å². The topological polar surface area (TPSA) is 88.6 Å². The predicted octanol–water partition coefficient (Wildman–Crippen LogP) is -0.403. The van der Waals surface area contributed by atoms with Gasteiger partial charge in [0.15, 0.2) is 0 Å². The lowest BCUT2D eigenvalue weighted by Crippen LogP contribution is -2.41. The summed E-state index contributed by atoms with van der Waals surface area (Å²) in [5, 5.41) is 5.90. The van der Waals surface area contributed by atoms with Crippen LogP contribution >= 0.6 is 0 Å². The summed E-state index contributed by atoms with van der Waals surface area (Å²) >= 11 is 0. The number of hydrogen-bond acceptors (Lipinski definition) is 7. The maximum atomic E-state index is 12.0. The molecule has 1 amide bonds. The molecule has 1 aromatic rings. The fourth-order valence-corrected chi connectivity index (χ4v) is 2.06. The molecule has 1 aliphatic heterocycles. The molecule has 2 heterocycles. The van der Waals surface area contributed by atoms with E-state index in [0.29, 0.717) is 31.2 Å². The molecule has 0 aliphatic carbocycles.